The maximum absolute atomic E-state index is 11.4. The fourth-order valence-corrected chi connectivity index (χ4v) is 3.41. The minimum absolute atomic E-state index is 0.185. The standard InChI is InChI=1S/C25H17N3O3/c29-25(30)20-4-3-5-21-23(20)28-24(27-21)18-9-7-16(8-10-18)17-11-13-19(14-12-17)31-22-6-1-2-15-26-22/h1-15H,(H,27,28)(H,29,30). The second-order valence-corrected chi connectivity index (χ2v) is 6.96. The molecule has 3 aromatic carbocycles. The number of hydrogen-bond acceptors (Lipinski definition) is 4. The molecule has 0 unspecified atom stereocenters. The van der Waals surface area contributed by atoms with E-state index >= 15 is 0 Å². The number of carboxylic acid groups (broad SMARTS) is 1. The molecule has 0 aliphatic rings. The number of nitrogens with zero attached hydrogens (tertiary/aromatic N) is 2. The summed E-state index contributed by atoms with van der Waals surface area (Å²) in [7, 11) is 0. The van der Waals surface area contributed by atoms with Gasteiger partial charge in [0.25, 0.3) is 0 Å². The van der Waals surface area contributed by atoms with E-state index in [1.54, 1.807) is 18.3 Å². The Bertz CT molecular complexity index is 1360. The van der Waals surface area contributed by atoms with Crippen LogP contribution < -0.4 is 4.74 Å². The quantitative estimate of drug-likeness (QED) is 0.385. The van der Waals surface area contributed by atoms with Crippen molar-refractivity contribution in [2.45, 2.75) is 0 Å². The van der Waals surface area contributed by atoms with Crippen molar-refractivity contribution in [3.63, 3.8) is 0 Å². The van der Waals surface area contributed by atoms with Gasteiger partial charge in [-0.3, -0.25) is 0 Å². The number of nitrogens with one attached hydrogen (secondary N) is 1. The van der Waals surface area contributed by atoms with Gasteiger partial charge in [-0.05, 0) is 41.5 Å². The highest BCUT2D eigenvalue weighted by atomic mass is 16.5. The first kappa shape index (κ1) is 18.6. The number of rotatable bonds is 5. The van der Waals surface area contributed by atoms with E-state index < -0.39 is 5.97 Å². The molecule has 0 fully saturated rings. The van der Waals surface area contributed by atoms with Crippen molar-refractivity contribution in [3.8, 4) is 34.1 Å². The molecule has 2 aromatic heterocycles. The zero-order valence-electron chi connectivity index (χ0n) is 16.3. The number of aromatic amines is 1. The largest absolute Gasteiger partial charge is 0.478 e. The monoisotopic (exact) mass is 407 g/mol. The Hall–Kier alpha value is -4.45. The van der Waals surface area contributed by atoms with E-state index in [4.69, 9.17) is 4.74 Å². The third kappa shape index (κ3) is 3.74. The van der Waals surface area contributed by atoms with Crippen molar-refractivity contribution >= 4 is 17.0 Å². The summed E-state index contributed by atoms with van der Waals surface area (Å²) in [6, 6.07) is 26.4. The fourth-order valence-electron chi connectivity index (χ4n) is 3.41. The number of ether oxygens (including phenoxy) is 1. The first-order valence-electron chi connectivity index (χ1n) is 9.69. The number of aromatic carboxylic acids is 1. The second kappa shape index (κ2) is 7.76. The van der Waals surface area contributed by atoms with Crippen molar-refractivity contribution in [2.24, 2.45) is 0 Å². The lowest BCUT2D eigenvalue weighted by Crippen LogP contribution is -1.96. The number of carbonyl (C=O) groups is 1. The smallest absolute Gasteiger partial charge is 0.337 e. The molecule has 0 aliphatic heterocycles. The van der Waals surface area contributed by atoms with Gasteiger partial charge in [-0.1, -0.05) is 48.5 Å². The molecule has 5 aromatic rings. The Morgan fingerprint density at radius 3 is 2.19 bits per heavy atom. The van der Waals surface area contributed by atoms with E-state index in [1.165, 1.54) is 0 Å². The van der Waals surface area contributed by atoms with E-state index in [9.17, 15) is 9.90 Å². The van der Waals surface area contributed by atoms with Gasteiger partial charge in [0.2, 0.25) is 5.88 Å². The lowest BCUT2D eigenvalue weighted by molar-refractivity contribution is 0.0699. The number of H-pyrrole nitrogens is 1. The molecule has 0 saturated heterocycles. The molecule has 6 nitrogen and oxygen atoms in total. The number of pyridine rings is 1. The summed E-state index contributed by atoms with van der Waals surface area (Å²) in [5.41, 5.74) is 4.32. The highest BCUT2D eigenvalue weighted by Crippen LogP contribution is 2.28. The van der Waals surface area contributed by atoms with E-state index in [1.807, 2.05) is 72.8 Å². The molecule has 0 spiro atoms. The van der Waals surface area contributed by atoms with Crippen molar-refractivity contribution < 1.29 is 14.6 Å². The van der Waals surface area contributed by atoms with Crippen LogP contribution in [0.3, 0.4) is 0 Å². The Morgan fingerprint density at radius 2 is 1.52 bits per heavy atom. The Kier molecular flexibility index (Phi) is 4.65. The van der Waals surface area contributed by atoms with Gasteiger partial charge < -0.3 is 14.8 Å². The van der Waals surface area contributed by atoms with Gasteiger partial charge in [-0.15, -0.1) is 0 Å². The summed E-state index contributed by atoms with van der Waals surface area (Å²) < 4.78 is 5.74. The average Bonchev–Trinajstić information content (AvgIpc) is 3.25. The molecule has 6 heteroatoms. The van der Waals surface area contributed by atoms with Gasteiger partial charge in [-0.2, -0.15) is 0 Å². The summed E-state index contributed by atoms with van der Waals surface area (Å²) in [5, 5.41) is 9.36. The number of para-hydroxylation sites is 1. The summed E-state index contributed by atoms with van der Waals surface area (Å²) in [6.45, 7) is 0. The summed E-state index contributed by atoms with van der Waals surface area (Å²) >= 11 is 0. The highest BCUT2D eigenvalue weighted by Gasteiger charge is 2.13. The van der Waals surface area contributed by atoms with Gasteiger partial charge in [0, 0.05) is 17.8 Å². The molecule has 2 N–H and O–H groups in total. The van der Waals surface area contributed by atoms with Crippen LogP contribution in [0.1, 0.15) is 10.4 Å². The normalized spacial score (nSPS) is 10.8. The van der Waals surface area contributed by atoms with Crippen LogP contribution in [-0.2, 0) is 0 Å². The molecule has 0 saturated carbocycles. The van der Waals surface area contributed by atoms with Gasteiger partial charge in [0.15, 0.2) is 0 Å². The number of hydrogen-bond donors (Lipinski definition) is 2. The van der Waals surface area contributed by atoms with Crippen LogP contribution in [0.15, 0.2) is 91.1 Å². The van der Waals surface area contributed by atoms with Gasteiger partial charge >= 0.3 is 5.97 Å². The van der Waals surface area contributed by atoms with E-state index in [-0.39, 0.29) is 5.56 Å². The Morgan fingerprint density at radius 1 is 0.806 bits per heavy atom. The lowest BCUT2D eigenvalue weighted by atomic mass is 10.0. The zero-order chi connectivity index (χ0) is 21.2. The molecule has 150 valence electrons. The van der Waals surface area contributed by atoms with Crippen LogP contribution >= 0.6 is 0 Å². The van der Waals surface area contributed by atoms with E-state index in [0.717, 1.165) is 22.4 Å². The van der Waals surface area contributed by atoms with Crippen LogP contribution in [0.2, 0.25) is 0 Å². The molecule has 0 amide bonds. The lowest BCUT2D eigenvalue weighted by Gasteiger charge is -2.07. The fraction of sp³-hybridized carbons (Fsp3) is 0. The molecular formula is C25H17N3O3. The van der Waals surface area contributed by atoms with E-state index in [2.05, 4.69) is 15.0 Å². The van der Waals surface area contributed by atoms with Crippen LogP contribution in [-0.4, -0.2) is 26.0 Å². The van der Waals surface area contributed by atoms with Crippen LogP contribution in [0.4, 0.5) is 0 Å². The third-order valence-corrected chi connectivity index (χ3v) is 4.95. The predicted octanol–water partition coefficient (Wildman–Crippen LogP) is 5.78. The van der Waals surface area contributed by atoms with Gasteiger partial charge in [0.1, 0.15) is 17.1 Å². The van der Waals surface area contributed by atoms with Crippen molar-refractivity contribution in [3.05, 3.63) is 96.7 Å². The summed E-state index contributed by atoms with van der Waals surface area (Å²) in [6.07, 6.45) is 1.69. The van der Waals surface area contributed by atoms with Gasteiger partial charge in [-0.25, -0.2) is 14.8 Å². The van der Waals surface area contributed by atoms with Crippen LogP contribution in [0.25, 0.3) is 33.5 Å². The zero-order valence-corrected chi connectivity index (χ0v) is 16.3. The summed E-state index contributed by atoms with van der Waals surface area (Å²) in [4.78, 5) is 23.3. The van der Waals surface area contributed by atoms with E-state index in [0.29, 0.717) is 22.7 Å². The minimum atomic E-state index is -0.991. The second-order valence-electron chi connectivity index (χ2n) is 6.96. The predicted molar refractivity (Wildman–Crippen MR) is 118 cm³/mol. The van der Waals surface area contributed by atoms with Crippen LogP contribution in [0, 0.1) is 0 Å². The van der Waals surface area contributed by atoms with Crippen molar-refractivity contribution in [2.75, 3.05) is 0 Å². The maximum atomic E-state index is 11.4. The number of imidazole rings is 1. The minimum Gasteiger partial charge on any atom is -0.478 e. The molecule has 0 aliphatic carbocycles. The Labute approximate surface area is 177 Å². The first-order valence-corrected chi connectivity index (χ1v) is 9.69. The van der Waals surface area contributed by atoms with Crippen molar-refractivity contribution in [1.29, 1.82) is 0 Å². The number of aromatic nitrogens is 3. The van der Waals surface area contributed by atoms with Crippen molar-refractivity contribution in [1.82, 2.24) is 15.0 Å². The highest BCUT2D eigenvalue weighted by molar-refractivity contribution is 6.01. The topological polar surface area (TPSA) is 88.1 Å². The molecule has 31 heavy (non-hydrogen) atoms. The molecule has 0 atom stereocenters. The van der Waals surface area contributed by atoms with Crippen LogP contribution in [0.5, 0.6) is 11.6 Å². The average molecular weight is 407 g/mol. The molecule has 5 rings (SSSR count). The third-order valence-electron chi connectivity index (χ3n) is 4.95. The first-order chi connectivity index (χ1) is 15.2. The maximum Gasteiger partial charge on any atom is 0.337 e. The SMILES string of the molecule is O=C(O)c1cccc2[nH]c(-c3ccc(-c4ccc(Oc5ccccn5)cc4)cc3)nc12. The number of carboxylic acids is 1. The summed E-state index contributed by atoms with van der Waals surface area (Å²) in [5.74, 6) is 0.913. The van der Waals surface area contributed by atoms with Gasteiger partial charge in [0.05, 0.1) is 11.1 Å². The molecular weight excluding hydrogens is 390 g/mol. The Balaban J connectivity index is 1.38. The molecule has 0 bridgehead atoms. The molecule has 0 radical (unpaired) electrons. The number of fused-ring (bicyclic) bond motifs is 1. The number of benzene rings is 3. The molecule has 2 heterocycles.